The molecule has 2 aliphatic rings. The van der Waals surface area contributed by atoms with Gasteiger partial charge in [-0.3, -0.25) is 15.2 Å². The zero-order chi connectivity index (χ0) is 25.8. The molecule has 37 heavy (non-hydrogen) atoms. The van der Waals surface area contributed by atoms with Crippen LogP contribution in [-0.4, -0.2) is 45.2 Å². The van der Waals surface area contributed by atoms with E-state index in [1.54, 1.807) is 42.7 Å². The number of aliphatic imine (C=N–C) groups is 1. The highest BCUT2D eigenvalue weighted by atomic mass is 35.5. The number of hydrogen-bond donors (Lipinski definition) is 1. The van der Waals surface area contributed by atoms with Gasteiger partial charge in [0.05, 0.1) is 10.6 Å². The number of pyridine rings is 1. The van der Waals surface area contributed by atoms with Crippen LogP contribution in [0.3, 0.4) is 0 Å². The Morgan fingerprint density at radius 1 is 1.11 bits per heavy atom. The van der Waals surface area contributed by atoms with Crippen molar-refractivity contribution in [1.29, 1.82) is 5.41 Å². The number of amides is 1. The number of aryl methyl sites for hydroxylation is 1. The molecule has 0 atom stereocenters. The number of hydrazone groups is 1. The van der Waals surface area contributed by atoms with E-state index >= 15 is 0 Å². The molecule has 10 heteroatoms. The lowest BCUT2D eigenvalue weighted by molar-refractivity contribution is -0.114. The van der Waals surface area contributed by atoms with Crippen LogP contribution in [0.15, 0.2) is 82.7 Å². The van der Waals surface area contributed by atoms with Crippen LogP contribution in [0.25, 0.3) is 6.08 Å². The summed E-state index contributed by atoms with van der Waals surface area (Å²) in [5.41, 5.74) is 2.80. The molecule has 0 unspecified atom stereocenters. The molecule has 186 valence electrons. The van der Waals surface area contributed by atoms with Gasteiger partial charge in [-0.2, -0.15) is 15.1 Å². The zero-order valence-electron chi connectivity index (χ0n) is 19.8. The van der Waals surface area contributed by atoms with Gasteiger partial charge in [0.25, 0.3) is 5.91 Å². The number of aromatic nitrogens is 1. The fraction of sp³-hybridized carbons (Fsp3) is 0.148. The van der Waals surface area contributed by atoms with Gasteiger partial charge in [-0.05, 0) is 71.8 Å². The van der Waals surface area contributed by atoms with Crippen molar-refractivity contribution in [3.63, 3.8) is 0 Å². The van der Waals surface area contributed by atoms with Gasteiger partial charge >= 0.3 is 0 Å². The van der Waals surface area contributed by atoms with E-state index in [0.717, 1.165) is 17.7 Å². The molecule has 2 aromatic carbocycles. The van der Waals surface area contributed by atoms with Gasteiger partial charge in [0.1, 0.15) is 29.8 Å². The lowest BCUT2D eigenvalue weighted by Crippen LogP contribution is -2.35. The summed E-state index contributed by atoms with van der Waals surface area (Å²) < 4.78 is 11.5. The number of thioether (sulfide) groups is 1. The molecule has 0 spiro atoms. The number of halogens is 1. The lowest BCUT2D eigenvalue weighted by atomic mass is 10.1. The summed E-state index contributed by atoms with van der Waals surface area (Å²) in [5.74, 6) is 0.724. The van der Waals surface area contributed by atoms with E-state index < -0.39 is 5.91 Å². The Labute approximate surface area is 223 Å². The molecule has 8 nitrogen and oxygen atoms in total. The van der Waals surface area contributed by atoms with Crippen LogP contribution in [0, 0.1) is 5.41 Å². The first-order chi connectivity index (χ1) is 18.0. The van der Waals surface area contributed by atoms with Crippen molar-refractivity contribution in [3.8, 4) is 11.5 Å². The third-order valence-electron chi connectivity index (χ3n) is 5.57. The summed E-state index contributed by atoms with van der Waals surface area (Å²) in [6.45, 7) is 2.80. The van der Waals surface area contributed by atoms with Crippen LogP contribution in [-0.2, 0) is 11.2 Å². The summed E-state index contributed by atoms with van der Waals surface area (Å²) >= 11 is 7.65. The number of fused-ring (bicyclic) bond motifs is 1. The first-order valence-corrected chi connectivity index (χ1v) is 12.8. The molecule has 3 heterocycles. The fourth-order valence-corrected chi connectivity index (χ4v) is 4.75. The smallest absolute Gasteiger partial charge is 0.283 e. The molecule has 0 aliphatic carbocycles. The van der Waals surface area contributed by atoms with Crippen LogP contribution >= 0.6 is 23.4 Å². The van der Waals surface area contributed by atoms with E-state index in [0.29, 0.717) is 39.8 Å². The average Bonchev–Trinajstić information content (AvgIpc) is 3.35. The third kappa shape index (κ3) is 5.58. The van der Waals surface area contributed by atoms with Gasteiger partial charge in [0.15, 0.2) is 5.84 Å². The van der Waals surface area contributed by atoms with E-state index in [9.17, 15) is 4.79 Å². The Morgan fingerprint density at radius 3 is 2.65 bits per heavy atom. The van der Waals surface area contributed by atoms with Crippen LogP contribution < -0.4 is 9.47 Å². The van der Waals surface area contributed by atoms with Gasteiger partial charge in [-0.15, -0.1) is 0 Å². The Bertz CT molecular complexity index is 1440. The van der Waals surface area contributed by atoms with Gasteiger partial charge in [0.2, 0.25) is 5.17 Å². The number of carbonyl (C=O) groups excluding carboxylic acids is 1. The van der Waals surface area contributed by atoms with Crippen molar-refractivity contribution in [2.75, 3.05) is 13.2 Å². The van der Waals surface area contributed by atoms with Gasteiger partial charge < -0.3 is 9.47 Å². The van der Waals surface area contributed by atoms with E-state index in [1.807, 2.05) is 30.3 Å². The molecular weight excluding hydrogens is 510 g/mol. The van der Waals surface area contributed by atoms with Gasteiger partial charge in [-0.25, -0.2) is 0 Å². The van der Waals surface area contributed by atoms with Crippen LogP contribution in [0.1, 0.15) is 23.6 Å². The Hall–Kier alpha value is -3.95. The largest absolute Gasteiger partial charge is 0.490 e. The third-order valence-corrected chi connectivity index (χ3v) is 6.82. The minimum Gasteiger partial charge on any atom is -0.490 e. The Morgan fingerprint density at radius 2 is 1.92 bits per heavy atom. The summed E-state index contributed by atoms with van der Waals surface area (Å²) in [5, 5.41) is 15.7. The van der Waals surface area contributed by atoms with Gasteiger partial charge in [0, 0.05) is 18.0 Å². The minimum atomic E-state index is -0.507. The number of amidine groups is 2. The van der Waals surface area contributed by atoms with Crippen LogP contribution in [0.2, 0.25) is 5.02 Å². The number of benzene rings is 2. The highest BCUT2D eigenvalue weighted by Gasteiger charge is 2.36. The van der Waals surface area contributed by atoms with Gasteiger partial charge in [-0.1, -0.05) is 36.7 Å². The maximum absolute atomic E-state index is 12.7. The maximum atomic E-state index is 12.7. The van der Waals surface area contributed by atoms with E-state index in [1.165, 1.54) is 22.3 Å². The predicted octanol–water partition coefficient (Wildman–Crippen LogP) is 5.42. The molecule has 1 N–H and O–H groups in total. The van der Waals surface area contributed by atoms with E-state index in [4.69, 9.17) is 26.5 Å². The monoisotopic (exact) mass is 531 g/mol. The predicted molar refractivity (Wildman–Crippen MR) is 147 cm³/mol. The standard InChI is InChI=1S/C27H22ClN5O3S/c1-2-17-5-8-20(9-6-17)35-12-13-36-23-10-7-18(15-22(23)28)14-21-24(29)33-27(31-25(21)34)37-26(32-33)19-4-3-11-30-16-19/h3-11,14-16,29H,2,12-13H2,1H3/b21-14-,29-24?. The molecule has 0 saturated carbocycles. The second kappa shape index (κ2) is 11.0. The Balaban J connectivity index is 1.23. The molecule has 0 bridgehead atoms. The van der Waals surface area contributed by atoms with Crippen molar-refractivity contribution in [1.82, 2.24) is 9.99 Å². The molecule has 2 aliphatic heterocycles. The summed E-state index contributed by atoms with van der Waals surface area (Å²) in [6.07, 6.45) is 5.90. The molecule has 0 radical (unpaired) electrons. The van der Waals surface area contributed by atoms with Crippen molar-refractivity contribution < 1.29 is 14.3 Å². The molecule has 3 aromatic rings. The Kier molecular flexibility index (Phi) is 7.34. The minimum absolute atomic E-state index is 0.0537. The highest BCUT2D eigenvalue weighted by molar-refractivity contribution is 8.27. The summed E-state index contributed by atoms with van der Waals surface area (Å²) in [4.78, 5) is 20.9. The number of rotatable bonds is 8. The van der Waals surface area contributed by atoms with Crippen LogP contribution in [0.4, 0.5) is 0 Å². The topological polar surface area (TPSA) is 100 Å². The zero-order valence-corrected chi connectivity index (χ0v) is 21.4. The second-order valence-corrected chi connectivity index (χ2v) is 9.41. The number of ether oxygens (including phenoxy) is 2. The summed E-state index contributed by atoms with van der Waals surface area (Å²) in [7, 11) is 0. The molecule has 0 fully saturated rings. The van der Waals surface area contributed by atoms with Crippen molar-refractivity contribution in [3.05, 3.63) is 94.3 Å². The molecule has 1 aromatic heterocycles. The number of hydrogen-bond acceptors (Lipinski definition) is 7. The van der Waals surface area contributed by atoms with Crippen molar-refractivity contribution in [2.45, 2.75) is 13.3 Å². The average molecular weight is 532 g/mol. The van der Waals surface area contributed by atoms with Crippen molar-refractivity contribution >= 4 is 51.4 Å². The number of nitrogens with one attached hydrogen (secondary N) is 1. The SMILES string of the molecule is CCc1ccc(OCCOc2ccc(/C=C3/C(=N)N4N=C(c5cccnc5)SC4=NC3=O)cc2Cl)cc1. The fourth-order valence-electron chi connectivity index (χ4n) is 3.62. The summed E-state index contributed by atoms with van der Waals surface area (Å²) in [6, 6.07) is 16.8. The van der Waals surface area contributed by atoms with E-state index in [-0.39, 0.29) is 11.4 Å². The number of carbonyl (C=O) groups is 1. The normalized spacial score (nSPS) is 15.9. The molecule has 0 saturated heterocycles. The first kappa shape index (κ1) is 24.7. The maximum Gasteiger partial charge on any atom is 0.283 e. The van der Waals surface area contributed by atoms with E-state index in [2.05, 4.69) is 22.0 Å². The molecular formula is C27H22ClN5O3S. The second-order valence-electron chi connectivity index (χ2n) is 8.05. The van der Waals surface area contributed by atoms with Crippen molar-refractivity contribution in [2.24, 2.45) is 10.1 Å². The van der Waals surface area contributed by atoms with Crippen LogP contribution in [0.5, 0.6) is 11.5 Å². The first-order valence-electron chi connectivity index (χ1n) is 11.6. The quantitative estimate of drug-likeness (QED) is 0.307. The molecule has 1 amide bonds. The lowest BCUT2D eigenvalue weighted by Gasteiger charge is -2.20. The number of nitrogens with zero attached hydrogens (tertiary/aromatic N) is 4. The molecule has 5 rings (SSSR count). The highest BCUT2D eigenvalue weighted by Crippen LogP contribution is 2.32.